The van der Waals surface area contributed by atoms with E-state index < -0.39 is 0 Å². The Morgan fingerprint density at radius 3 is 1.49 bits per heavy atom. The van der Waals surface area contributed by atoms with Crippen molar-refractivity contribution < 1.29 is 4.92 Å². The highest BCUT2D eigenvalue weighted by Gasteiger charge is 2.70. The highest BCUT2D eigenvalue weighted by atomic mass is 16.6. The molecule has 4 unspecified atom stereocenters. The van der Waals surface area contributed by atoms with Crippen molar-refractivity contribution in [3.8, 4) is 56.4 Å². The summed E-state index contributed by atoms with van der Waals surface area (Å²) in [5.74, 6) is 8.30. The molecule has 0 spiro atoms. The van der Waals surface area contributed by atoms with Crippen LogP contribution in [0.3, 0.4) is 0 Å². The second-order valence-corrected chi connectivity index (χ2v) is 16.6. The van der Waals surface area contributed by atoms with Gasteiger partial charge in [0.15, 0.2) is 17.5 Å². The van der Waals surface area contributed by atoms with Gasteiger partial charge in [0.05, 0.1) is 4.92 Å². The van der Waals surface area contributed by atoms with E-state index in [2.05, 4.69) is 42.5 Å². The number of nitrogens with zero attached hydrogens (tertiary/aromatic N) is 4. The topological polar surface area (TPSA) is 81.8 Å². The van der Waals surface area contributed by atoms with Crippen LogP contribution in [0.15, 0.2) is 127 Å². The molecule has 6 heteroatoms. The van der Waals surface area contributed by atoms with Crippen molar-refractivity contribution in [1.29, 1.82) is 0 Å². The normalized spacial score (nSPS) is 28.7. The number of benzene rings is 5. The molecule has 1 aromatic heterocycles. The lowest BCUT2D eigenvalue weighted by molar-refractivity contribution is -0.384. The average molecular weight is 693 g/mol. The minimum Gasteiger partial charge on any atom is -0.258 e. The minimum absolute atomic E-state index is 0.0740. The third kappa shape index (κ3) is 4.87. The Bertz CT molecular complexity index is 2300. The first-order valence-corrected chi connectivity index (χ1v) is 19.4. The standard InChI is InChI=1S/C47H40N4O2/c52-51(53)38-17-13-31(14-18-38)35-24-34(25-36(26-35)46-49-44(32-7-3-1-4-8-32)48-45(50-46)33-9-5-2-6-10-33)30-11-15-37(16-12-30)47-27-29-20-40-39-19-28(22-42(40)47)23-43(47)41(39)21-29/h1-18,24-26,28-29,39-43H,19-23,27H2. The van der Waals surface area contributed by atoms with Crippen LogP contribution in [0, 0.1) is 51.5 Å². The maximum Gasteiger partial charge on any atom is 0.269 e. The summed E-state index contributed by atoms with van der Waals surface area (Å²) in [6.07, 6.45) is 8.76. The lowest BCUT2D eigenvalue weighted by Crippen LogP contribution is -2.69. The van der Waals surface area contributed by atoms with E-state index in [0.717, 1.165) is 80.4 Å². The molecule has 6 aromatic rings. The predicted molar refractivity (Wildman–Crippen MR) is 207 cm³/mol. The highest BCUT2D eigenvalue weighted by molar-refractivity contribution is 5.80. The zero-order valence-corrected chi connectivity index (χ0v) is 29.5. The van der Waals surface area contributed by atoms with Gasteiger partial charge in [-0.15, -0.1) is 0 Å². The Kier molecular flexibility index (Phi) is 6.89. The molecular formula is C47H40N4O2. The van der Waals surface area contributed by atoms with Crippen LogP contribution in [0.2, 0.25) is 0 Å². The Labute approximate surface area is 309 Å². The maximum absolute atomic E-state index is 11.5. The van der Waals surface area contributed by atoms with E-state index in [1.807, 2.05) is 72.8 Å². The van der Waals surface area contributed by atoms with Crippen LogP contribution in [0.1, 0.15) is 44.1 Å². The SMILES string of the molecule is O=[N+]([O-])c1ccc(-c2cc(-c3ccc(C45CC6CC7C8CC(CC74)CC5C8C6)cc3)cc(-c3nc(-c4ccccc4)nc(-c4ccccc4)n3)c2)cc1. The van der Waals surface area contributed by atoms with Crippen LogP contribution in [-0.2, 0) is 5.41 Å². The number of aromatic nitrogens is 3. The van der Waals surface area contributed by atoms with E-state index in [-0.39, 0.29) is 10.6 Å². The van der Waals surface area contributed by atoms with Crippen LogP contribution < -0.4 is 0 Å². The van der Waals surface area contributed by atoms with E-state index >= 15 is 0 Å². The number of hydrogen-bond donors (Lipinski definition) is 0. The van der Waals surface area contributed by atoms with Gasteiger partial charge in [-0.2, -0.15) is 0 Å². The van der Waals surface area contributed by atoms with Crippen LogP contribution in [0.5, 0.6) is 0 Å². The Morgan fingerprint density at radius 2 is 0.962 bits per heavy atom. The van der Waals surface area contributed by atoms with Gasteiger partial charge in [0, 0.05) is 34.2 Å². The van der Waals surface area contributed by atoms with E-state index in [1.165, 1.54) is 38.5 Å². The molecule has 6 nitrogen and oxygen atoms in total. The van der Waals surface area contributed by atoms with Gasteiger partial charge in [-0.05, 0) is 138 Å². The van der Waals surface area contributed by atoms with Crippen LogP contribution in [-0.4, -0.2) is 19.9 Å². The largest absolute Gasteiger partial charge is 0.269 e. The molecule has 8 bridgehead atoms. The Balaban J connectivity index is 1.04. The molecule has 5 aromatic carbocycles. The second kappa shape index (κ2) is 11.8. The molecule has 0 radical (unpaired) electrons. The highest BCUT2D eigenvalue weighted by Crippen LogP contribution is 2.76. The maximum atomic E-state index is 11.5. The summed E-state index contributed by atoms with van der Waals surface area (Å²) in [5, 5.41) is 11.5. The molecule has 7 aliphatic carbocycles. The molecule has 1 heterocycles. The monoisotopic (exact) mass is 692 g/mol. The number of nitro groups is 1. The molecule has 0 N–H and O–H groups in total. The van der Waals surface area contributed by atoms with Gasteiger partial charge in [0.1, 0.15) is 0 Å². The zero-order chi connectivity index (χ0) is 35.3. The van der Waals surface area contributed by atoms with Crippen LogP contribution in [0.25, 0.3) is 56.4 Å². The van der Waals surface area contributed by atoms with Crippen molar-refractivity contribution in [3.63, 3.8) is 0 Å². The van der Waals surface area contributed by atoms with Gasteiger partial charge in [0.25, 0.3) is 5.69 Å². The lowest BCUT2D eigenvalue weighted by atomic mass is 9.30. The predicted octanol–water partition coefficient (Wildman–Crippen LogP) is 11.1. The van der Waals surface area contributed by atoms with Crippen molar-refractivity contribution in [2.45, 2.75) is 43.9 Å². The smallest absolute Gasteiger partial charge is 0.258 e. The summed E-state index contributed by atoms with van der Waals surface area (Å²) in [4.78, 5) is 26.2. The summed E-state index contributed by atoms with van der Waals surface area (Å²) in [6, 6.07) is 43.0. The fourth-order valence-electron chi connectivity index (χ4n) is 12.3. The van der Waals surface area contributed by atoms with Crippen LogP contribution >= 0.6 is 0 Å². The van der Waals surface area contributed by atoms with Crippen molar-refractivity contribution in [2.75, 3.05) is 0 Å². The van der Waals surface area contributed by atoms with Gasteiger partial charge in [-0.25, -0.2) is 15.0 Å². The fraction of sp³-hybridized carbons (Fsp3) is 0.298. The minimum atomic E-state index is -0.352. The number of rotatable bonds is 7. The van der Waals surface area contributed by atoms with Crippen molar-refractivity contribution in [1.82, 2.24) is 15.0 Å². The molecule has 0 saturated heterocycles. The van der Waals surface area contributed by atoms with Crippen molar-refractivity contribution >= 4 is 5.69 Å². The summed E-state index contributed by atoms with van der Waals surface area (Å²) in [5.41, 5.74) is 8.79. The Morgan fingerprint density at radius 1 is 0.491 bits per heavy atom. The molecule has 4 atom stereocenters. The van der Waals surface area contributed by atoms with Crippen molar-refractivity contribution in [3.05, 3.63) is 143 Å². The zero-order valence-electron chi connectivity index (χ0n) is 29.5. The first kappa shape index (κ1) is 31.1. The molecular weight excluding hydrogens is 653 g/mol. The molecule has 7 fully saturated rings. The fourth-order valence-corrected chi connectivity index (χ4v) is 12.3. The molecule has 53 heavy (non-hydrogen) atoms. The molecule has 0 aliphatic heterocycles. The van der Waals surface area contributed by atoms with Gasteiger partial charge in [-0.3, -0.25) is 10.1 Å². The van der Waals surface area contributed by atoms with Crippen molar-refractivity contribution in [2.24, 2.45) is 41.4 Å². The number of non-ortho nitro benzene ring substituents is 1. The quantitative estimate of drug-likeness (QED) is 0.123. The average Bonchev–Trinajstić information content (AvgIpc) is 3.23. The molecule has 13 rings (SSSR count). The van der Waals surface area contributed by atoms with E-state index in [9.17, 15) is 10.1 Å². The first-order valence-electron chi connectivity index (χ1n) is 19.4. The third-order valence-electron chi connectivity index (χ3n) is 14.1. The Hall–Kier alpha value is -5.49. The van der Waals surface area contributed by atoms with Gasteiger partial charge in [0.2, 0.25) is 0 Å². The third-order valence-corrected chi connectivity index (χ3v) is 14.1. The van der Waals surface area contributed by atoms with Gasteiger partial charge < -0.3 is 0 Å². The van der Waals surface area contributed by atoms with Gasteiger partial charge in [-0.1, -0.05) is 84.9 Å². The molecule has 260 valence electrons. The van der Waals surface area contributed by atoms with E-state index in [4.69, 9.17) is 15.0 Å². The van der Waals surface area contributed by atoms with E-state index in [0.29, 0.717) is 22.9 Å². The lowest BCUT2D eigenvalue weighted by Gasteiger charge is -2.74. The van der Waals surface area contributed by atoms with Crippen LogP contribution in [0.4, 0.5) is 5.69 Å². The van der Waals surface area contributed by atoms with Gasteiger partial charge >= 0.3 is 0 Å². The molecule has 0 amide bonds. The number of nitro benzene ring substituents is 1. The number of hydrogen-bond acceptors (Lipinski definition) is 5. The van der Waals surface area contributed by atoms with E-state index in [1.54, 1.807) is 17.7 Å². The molecule has 7 aliphatic rings. The summed E-state index contributed by atoms with van der Waals surface area (Å²) in [7, 11) is 0. The molecule has 7 saturated carbocycles. The summed E-state index contributed by atoms with van der Waals surface area (Å²) < 4.78 is 0. The second-order valence-electron chi connectivity index (χ2n) is 16.6. The summed E-state index contributed by atoms with van der Waals surface area (Å²) >= 11 is 0. The summed E-state index contributed by atoms with van der Waals surface area (Å²) in [6.45, 7) is 0. The first-order chi connectivity index (χ1) is 26.0.